The molecule has 1 aliphatic rings. The Bertz CT molecular complexity index is 401. The summed E-state index contributed by atoms with van der Waals surface area (Å²) >= 11 is 5.91. The van der Waals surface area contributed by atoms with Crippen molar-refractivity contribution < 1.29 is 9.47 Å². The first-order valence-electron chi connectivity index (χ1n) is 6.21. The molecule has 1 saturated heterocycles. The summed E-state index contributed by atoms with van der Waals surface area (Å²) in [6.07, 6.45) is 0.0945. The first-order valence-corrected chi connectivity index (χ1v) is 6.58. The van der Waals surface area contributed by atoms with Crippen molar-refractivity contribution in [2.45, 2.75) is 13.0 Å². The quantitative estimate of drug-likeness (QED) is 0.851. The fourth-order valence-electron chi connectivity index (χ4n) is 1.98. The van der Waals surface area contributed by atoms with Crippen LogP contribution in [-0.2, 0) is 4.74 Å². The minimum atomic E-state index is 0.0945. The van der Waals surface area contributed by atoms with Crippen LogP contribution in [0.2, 0.25) is 5.02 Å². The van der Waals surface area contributed by atoms with E-state index >= 15 is 0 Å². The molecule has 4 nitrogen and oxygen atoms in total. The number of nitrogen functional groups attached to an aromatic ring is 1. The van der Waals surface area contributed by atoms with E-state index in [0.29, 0.717) is 23.1 Å². The zero-order valence-electron chi connectivity index (χ0n) is 10.6. The Morgan fingerprint density at radius 3 is 3.17 bits per heavy atom. The second kappa shape index (κ2) is 6.27. The Hall–Kier alpha value is -0.970. The zero-order valence-corrected chi connectivity index (χ0v) is 11.3. The molecule has 0 amide bonds. The van der Waals surface area contributed by atoms with Crippen LogP contribution in [0, 0.1) is 0 Å². The molecule has 100 valence electrons. The number of morpholine rings is 1. The third-order valence-corrected chi connectivity index (χ3v) is 3.31. The third-order valence-electron chi connectivity index (χ3n) is 3.07. The van der Waals surface area contributed by atoms with Gasteiger partial charge in [0.15, 0.2) is 0 Å². The number of hydrogen-bond donors (Lipinski definition) is 1. The van der Waals surface area contributed by atoms with Gasteiger partial charge in [-0.15, -0.1) is 0 Å². The van der Waals surface area contributed by atoms with Crippen LogP contribution >= 0.6 is 11.6 Å². The highest BCUT2D eigenvalue weighted by molar-refractivity contribution is 6.30. The molecule has 0 saturated carbocycles. The van der Waals surface area contributed by atoms with Gasteiger partial charge in [-0.3, -0.25) is 4.90 Å². The summed E-state index contributed by atoms with van der Waals surface area (Å²) in [5.74, 6) is 0.625. The largest absolute Gasteiger partial charge is 0.489 e. The summed E-state index contributed by atoms with van der Waals surface area (Å²) in [6, 6.07) is 5.23. The van der Waals surface area contributed by atoms with Gasteiger partial charge in [0.1, 0.15) is 18.5 Å². The van der Waals surface area contributed by atoms with Crippen LogP contribution in [-0.4, -0.2) is 43.9 Å². The number of anilines is 1. The molecule has 0 aliphatic carbocycles. The summed E-state index contributed by atoms with van der Waals surface area (Å²) in [6.45, 7) is 6.34. The van der Waals surface area contributed by atoms with E-state index in [0.717, 1.165) is 26.2 Å². The molecule has 0 spiro atoms. The first kappa shape index (κ1) is 13.5. The van der Waals surface area contributed by atoms with E-state index < -0.39 is 0 Å². The Labute approximate surface area is 113 Å². The lowest BCUT2D eigenvalue weighted by atomic mass is 10.2. The van der Waals surface area contributed by atoms with Crippen LogP contribution in [0.5, 0.6) is 5.75 Å². The van der Waals surface area contributed by atoms with Crippen molar-refractivity contribution >= 4 is 17.3 Å². The summed E-state index contributed by atoms with van der Waals surface area (Å²) in [5, 5.41) is 0.624. The number of ether oxygens (including phenoxy) is 2. The standard InChI is InChI=1S/C13H19ClN2O2/c1-2-16-5-6-17-11(8-16)9-18-13-7-10(14)3-4-12(13)15/h3-4,7,11H,2,5-6,8-9,15H2,1H3. The molecule has 1 heterocycles. The molecule has 0 bridgehead atoms. The van der Waals surface area contributed by atoms with E-state index in [1.165, 1.54) is 0 Å². The van der Waals surface area contributed by atoms with Crippen molar-refractivity contribution in [3.63, 3.8) is 0 Å². The molecule has 1 atom stereocenters. The highest BCUT2D eigenvalue weighted by atomic mass is 35.5. The van der Waals surface area contributed by atoms with Crippen LogP contribution in [0.15, 0.2) is 18.2 Å². The van der Waals surface area contributed by atoms with Gasteiger partial charge < -0.3 is 15.2 Å². The molecule has 0 radical (unpaired) electrons. The van der Waals surface area contributed by atoms with Crippen molar-refractivity contribution in [3.05, 3.63) is 23.2 Å². The molecular formula is C13H19ClN2O2. The van der Waals surface area contributed by atoms with E-state index in [4.69, 9.17) is 26.8 Å². The van der Waals surface area contributed by atoms with Gasteiger partial charge >= 0.3 is 0 Å². The maximum absolute atomic E-state index is 5.91. The molecule has 1 fully saturated rings. The molecule has 1 aliphatic heterocycles. The topological polar surface area (TPSA) is 47.7 Å². The highest BCUT2D eigenvalue weighted by Crippen LogP contribution is 2.25. The number of hydrogen-bond acceptors (Lipinski definition) is 4. The normalized spacial score (nSPS) is 20.9. The van der Waals surface area contributed by atoms with Gasteiger partial charge in [-0.25, -0.2) is 0 Å². The summed E-state index contributed by atoms with van der Waals surface area (Å²) in [4.78, 5) is 2.35. The summed E-state index contributed by atoms with van der Waals surface area (Å²) < 4.78 is 11.4. The van der Waals surface area contributed by atoms with E-state index in [-0.39, 0.29) is 6.10 Å². The predicted molar refractivity (Wildman–Crippen MR) is 73.2 cm³/mol. The Morgan fingerprint density at radius 1 is 1.56 bits per heavy atom. The van der Waals surface area contributed by atoms with Gasteiger partial charge in [-0.05, 0) is 18.7 Å². The lowest BCUT2D eigenvalue weighted by Gasteiger charge is -2.31. The Morgan fingerprint density at radius 2 is 2.39 bits per heavy atom. The maximum Gasteiger partial charge on any atom is 0.143 e. The lowest BCUT2D eigenvalue weighted by molar-refractivity contribution is -0.0462. The van der Waals surface area contributed by atoms with Gasteiger partial charge in [0.2, 0.25) is 0 Å². The number of rotatable bonds is 4. The monoisotopic (exact) mass is 270 g/mol. The van der Waals surface area contributed by atoms with Crippen molar-refractivity contribution in [1.29, 1.82) is 0 Å². The average molecular weight is 271 g/mol. The smallest absolute Gasteiger partial charge is 0.143 e. The Kier molecular flexibility index (Phi) is 4.69. The van der Waals surface area contributed by atoms with Gasteiger partial charge in [0.25, 0.3) is 0 Å². The van der Waals surface area contributed by atoms with Crippen molar-refractivity contribution in [1.82, 2.24) is 4.90 Å². The molecule has 0 aromatic heterocycles. The molecule has 1 aromatic rings. The minimum absolute atomic E-state index is 0.0945. The SMILES string of the molecule is CCN1CCOC(COc2cc(Cl)ccc2N)C1. The van der Waals surface area contributed by atoms with Crippen LogP contribution < -0.4 is 10.5 Å². The summed E-state index contributed by atoms with van der Waals surface area (Å²) in [5.41, 5.74) is 6.42. The van der Waals surface area contributed by atoms with Crippen LogP contribution in [0.3, 0.4) is 0 Å². The molecule has 2 N–H and O–H groups in total. The van der Waals surface area contributed by atoms with Crippen molar-refractivity contribution in [2.24, 2.45) is 0 Å². The van der Waals surface area contributed by atoms with E-state index in [2.05, 4.69) is 11.8 Å². The van der Waals surface area contributed by atoms with Crippen LogP contribution in [0.4, 0.5) is 5.69 Å². The minimum Gasteiger partial charge on any atom is -0.489 e. The van der Waals surface area contributed by atoms with Gasteiger partial charge in [0.05, 0.1) is 12.3 Å². The predicted octanol–water partition coefficient (Wildman–Crippen LogP) is 2.02. The zero-order chi connectivity index (χ0) is 13.0. The second-order valence-corrected chi connectivity index (χ2v) is 4.82. The number of likely N-dealkylation sites (N-methyl/N-ethyl adjacent to an activating group) is 1. The lowest BCUT2D eigenvalue weighted by Crippen LogP contribution is -2.44. The van der Waals surface area contributed by atoms with Crippen molar-refractivity contribution in [3.8, 4) is 5.75 Å². The molecule has 1 aromatic carbocycles. The molecule has 1 unspecified atom stereocenters. The van der Waals surface area contributed by atoms with Crippen LogP contribution in [0.1, 0.15) is 6.92 Å². The average Bonchev–Trinajstić information content (AvgIpc) is 2.40. The van der Waals surface area contributed by atoms with Gasteiger partial charge in [-0.2, -0.15) is 0 Å². The molecule has 2 rings (SSSR count). The Balaban J connectivity index is 1.89. The fourth-order valence-corrected chi connectivity index (χ4v) is 2.15. The maximum atomic E-state index is 5.91. The number of halogens is 1. The number of benzene rings is 1. The highest BCUT2D eigenvalue weighted by Gasteiger charge is 2.20. The molecular weight excluding hydrogens is 252 g/mol. The fraction of sp³-hybridized carbons (Fsp3) is 0.538. The van der Waals surface area contributed by atoms with Crippen LogP contribution in [0.25, 0.3) is 0 Å². The number of nitrogens with two attached hydrogens (primary N) is 1. The van der Waals surface area contributed by atoms with Crippen molar-refractivity contribution in [2.75, 3.05) is 38.6 Å². The van der Waals surface area contributed by atoms with Gasteiger partial charge in [-0.1, -0.05) is 18.5 Å². The number of nitrogens with zero attached hydrogens (tertiary/aromatic N) is 1. The summed E-state index contributed by atoms with van der Waals surface area (Å²) in [7, 11) is 0. The molecule has 5 heteroatoms. The first-order chi connectivity index (χ1) is 8.69. The van der Waals surface area contributed by atoms with E-state index in [9.17, 15) is 0 Å². The second-order valence-electron chi connectivity index (χ2n) is 4.38. The van der Waals surface area contributed by atoms with Gasteiger partial charge in [0, 0.05) is 24.2 Å². The molecule has 18 heavy (non-hydrogen) atoms. The third kappa shape index (κ3) is 3.51. The van der Waals surface area contributed by atoms with E-state index in [1.807, 2.05) is 0 Å². The van der Waals surface area contributed by atoms with E-state index in [1.54, 1.807) is 18.2 Å².